The van der Waals surface area contributed by atoms with Gasteiger partial charge in [-0.05, 0) is 30.1 Å². The molecule has 0 aromatic heterocycles. The van der Waals surface area contributed by atoms with Crippen LogP contribution in [0, 0.1) is 16.7 Å². The Labute approximate surface area is 115 Å². The molecule has 0 radical (unpaired) electrons. The first kappa shape index (κ1) is 14.4. The van der Waals surface area contributed by atoms with E-state index in [4.69, 9.17) is 4.74 Å². The SMILES string of the molecule is COC(=O)[C@@H](NC(=O)C1CC12CCCC2)C(C)(C)C. The maximum atomic E-state index is 12.3. The number of nitrogens with one attached hydrogen (secondary N) is 1. The van der Waals surface area contributed by atoms with Crippen molar-refractivity contribution in [1.82, 2.24) is 5.32 Å². The highest BCUT2D eigenvalue weighted by atomic mass is 16.5. The largest absolute Gasteiger partial charge is 0.467 e. The van der Waals surface area contributed by atoms with Crippen molar-refractivity contribution in [3.05, 3.63) is 0 Å². The average Bonchev–Trinajstić information content (AvgIpc) is 2.81. The van der Waals surface area contributed by atoms with Crippen LogP contribution >= 0.6 is 0 Å². The van der Waals surface area contributed by atoms with Gasteiger partial charge >= 0.3 is 5.97 Å². The van der Waals surface area contributed by atoms with E-state index in [1.165, 1.54) is 32.8 Å². The summed E-state index contributed by atoms with van der Waals surface area (Å²) in [6.45, 7) is 5.81. The molecule has 108 valence electrons. The van der Waals surface area contributed by atoms with Crippen molar-refractivity contribution in [3.8, 4) is 0 Å². The first-order chi connectivity index (χ1) is 8.80. The predicted molar refractivity (Wildman–Crippen MR) is 72.4 cm³/mol. The minimum Gasteiger partial charge on any atom is -0.467 e. The molecule has 0 aromatic rings. The fourth-order valence-corrected chi connectivity index (χ4v) is 3.34. The number of ether oxygens (including phenoxy) is 1. The molecule has 2 aliphatic rings. The van der Waals surface area contributed by atoms with Crippen molar-refractivity contribution in [2.45, 2.75) is 58.9 Å². The molecule has 2 rings (SSSR count). The molecule has 2 aliphatic carbocycles. The van der Waals surface area contributed by atoms with Gasteiger partial charge in [-0.1, -0.05) is 33.6 Å². The molecular weight excluding hydrogens is 242 g/mol. The molecule has 2 fully saturated rings. The number of carbonyl (C=O) groups excluding carboxylic acids is 2. The number of carbonyl (C=O) groups is 2. The average molecular weight is 267 g/mol. The minimum absolute atomic E-state index is 0.0345. The van der Waals surface area contributed by atoms with E-state index in [1.54, 1.807) is 0 Å². The lowest BCUT2D eigenvalue weighted by Gasteiger charge is -2.29. The Balaban J connectivity index is 1.98. The molecule has 0 aromatic carbocycles. The van der Waals surface area contributed by atoms with Gasteiger partial charge in [0.2, 0.25) is 5.91 Å². The van der Waals surface area contributed by atoms with Crippen molar-refractivity contribution in [2.24, 2.45) is 16.7 Å². The molecular formula is C15H25NO3. The summed E-state index contributed by atoms with van der Waals surface area (Å²) in [6, 6.07) is -0.566. The number of esters is 1. The fraction of sp³-hybridized carbons (Fsp3) is 0.867. The van der Waals surface area contributed by atoms with Crippen molar-refractivity contribution in [2.75, 3.05) is 7.11 Å². The predicted octanol–water partition coefficient (Wildman–Crippen LogP) is 2.27. The number of hydrogen-bond acceptors (Lipinski definition) is 3. The smallest absolute Gasteiger partial charge is 0.328 e. The van der Waals surface area contributed by atoms with Gasteiger partial charge in [-0.15, -0.1) is 0 Å². The Morgan fingerprint density at radius 3 is 2.32 bits per heavy atom. The third-order valence-electron chi connectivity index (χ3n) is 4.70. The summed E-state index contributed by atoms with van der Waals surface area (Å²) in [5.41, 5.74) is -0.0663. The second kappa shape index (κ2) is 4.80. The number of methoxy groups -OCH3 is 1. The van der Waals surface area contributed by atoms with Gasteiger partial charge in [0.1, 0.15) is 6.04 Å². The third-order valence-corrected chi connectivity index (χ3v) is 4.70. The van der Waals surface area contributed by atoms with E-state index in [0.717, 1.165) is 6.42 Å². The Hall–Kier alpha value is -1.06. The lowest BCUT2D eigenvalue weighted by molar-refractivity contribution is -0.148. The van der Waals surface area contributed by atoms with E-state index in [9.17, 15) is 9.59 Å². The van der Waals surface area contributed by atoms with Gasteiger partial charge in [-0.3, -0.25) is 4.79 Å². The van der Waals surface area contributed by atoms with Gasteiger partial charge in [0.15, 0.2) is 0 Å². The minimum atomic E-state index is -0.566. The zero-order valence-electron chi connectivity index (χ0n) is 12.4. The summed E-state index contributed by atoms with van der Waals surface area (Å²) in [5, 5.41) is 2.91. The van der Waals surface area contributed by atoms with Crippen LogP contribution in [0.25, 0.3) is 0 Å². The van der Waals surface area contributed by atoms with Crippen molar-refractivity contribution < 1.29 is 14.3 Å². The molecule has 4 nitrogen and oxygen atoms in total. The Morgan fingerprint density at radius 1 is 1.26 bits per heavy atom. The van der Waals surface area contributed by atoms with Crippen LogP contribution in [-0.4, -0.2) is 25.0 Å². The monoisotopic (exact) mass is 267 g/mol. The van der Waals surface area contributed by atoms with Crippen LogP contribution in [0.15, 0.2) is 0 Å². The summed E-state index contributed by atoms with van der Waals surface area (Å²) >= 11 is 0. The zero-order valence-corrected chi connectivity index (χ0v) is 12.4. The van der Waals surface area contributed by atoms with Crippen molar-refractivity contribution >= 4 is 11.9 Å². The third kappa shape index (κ3) is 2.77. The van der Waals surface area contributed by atoms with Gasteiger partial charge in [-0.25, -0.2) is 4.79 Å². The van der Waals surface area contributed by atoms with E-state index in [1.807, 2.05) is 20.8 Å². The van der Waals surface area contributed by atoms with Gasteiger partial charge in [0.25, 0.3) is 0 Å². The molecule has 19 heavy (non-hydrogen) atoms. The lowest BCUT2D eigenvalue weighted by Crippen LogP contribution is -2.50. The maximum absolute atomic E-state index is 12.3. The number of amides is 1. The number of hydrogen-bond donors (Lipinski definition) is 1. The molecule has 0 bridgehead atoms. The van der Waals surface area contributed by atoms with Crippen LogP contribution in [0.3, 0.4) is 0 Å². The Bertz CT molecular complexity index is 377. The molecule has 0 aliphatic heterocycles. The number of rotatable bonds is 3. The Kier molecular flexibility index (Phi) is 3.63. The van der Waals surface area contributed by atoms with Crippen LogP contribution in [0.1, 0.15) is 52.9 Å². The van der Waals surface area contributed by atoms with E-state index in [0.29, 0.717) is 0 Å². The van der Waals surface area contributed by atoms with Gasteiger partial charge in [0, 0.05) is 5.92 Å². The summed E-state index contributed by atoms with van der Waals surface area (Å²) < 4.78 is 4.80. The standard InChI is InChI=1S/C15H25NO3/c1-14(2,3)11(13(18)19-4)16-12(17)10-9-15(10)7-5-6-8-15/h10-11H,5-9H2,1-4H3,(H,16,17)/t10?,11-/m1/s1. The fourth-order valence-electron chi connectivity index (χ4n) is 3.34. The topological polar surface area (TPSA) is 55.4 Å². The highest BCUT2D eigenvalue weighted by Gasteiger charge is 2.59. The normalized spacial score (nSPS) is 26.0. The van der Waals surface area contributed by atoms with Gasteiger partial charge < -0.3 is 10.1 Å². The molecule has 2 atom stereocenters. The highest BCUT2D eigenvalue weighted by molar-refractivity contribution is 5.88. The van der Waals surface area contributed by atoms with Crippen LogP contribution in [-0.2, 0) is 14.3 Å². The first-order valence-corrected chi connectivity index (χ1v) is 7.18. The summed E-state index contributed by atoms with van der Waals surface area (Å²) in [5.74, 6) is -0.210. The molecule has 0 saturated heterocycles. The molecule has 2 saturated carbocycles. The molecule has 4 heteroatoms. The quantitative estimate of drug-likeness (QED) is 0.798. The second-order valence-corrected chi connectivity index (χ2v) is 7.16. The van der Waals surface area contributed by atoms with Gasteiger partial charge in [-0.2, -0.15) is 0 Å². The summed E-state index contributed by atoms with van der Waals surface area (Å²) in [7, 11) is 1.36. The van der Waals surface area contributed by atoms with E-state index >= 15 is 0 Å². The zero-order chi connectivity index (χ0) is 14.3. The van der Waals surface area contributed by atoms with Crippen LogP contribution in [0.5, 0.6) is 0 Å². The van der Waals surface area contributed by atoms with Crippen molar-refractivity contribution in [1.29, 1.82) is 0 Å². The summed E-state index contributed by atoms with van der Waals surface area (Å²) in [6.07, 6.45) is 5.82. The van der Waals surface area contributed by atoms with Gasteiger partial charge in [0.05, 0.1) is 7.11 Å². The maximum Gasteiger partial charge on any atom is 0.328 e. The molecule has 1 amide bonds. The van der Waals surface area contributed by atoms with Crippen molar-refractivity contribution in [3.63, 3.8) is 0 Å². The molecule has 1 unspecified atom stereocenters. The highest BCUT2D eigenvalue weighted by Crippen LogP contribution is 2.62. The molecule has 1 spiro atoms. The van der Waals surface area contributed by atoms with Crippen LogP contribution < -0.4 is 5.32 Å². The molecule has 1 N–H and O–H groups in total. The second-order valence-electron chi connectivity index (χ2n) is 7.16. The first-order valence-electron chi connectivity index (χ1n) is 7.18. The van der Waals surface area contributed by atoms with E-state index in [-0.39, 0.29) is 28.6 Å². The van der Waals surface area contributed by atoms with Crippen LogP contribution in [0.4, 0.5) is 0 Å². The van der Waals surface area contributed by atoms with E-state index < -0.39 is 6.04 Å². The summed E-state index contributed by atoms with van der Waals surface area (Å²) in [4.78, 5) is 24.1. The van der Waals surface area contributed by atoms with Crippen LogP contribution in [0.2, 0.25) is 0 Å². The molecule has 0 heterocycles. The lowest BCUT2D eigenvalue weighted by atomic mass is 9.86. The Morgan fingerprint density at radius 2 is 1.84 bits per heavy atom. The van der Waals surface area contributed by atoms with E-state index in [2.05, 4.69) is 5.32 Å².